The van der Waals surface area contributed by atoms with Gasteiger partial charge in [-0.25, -0.2) is 4.39 Å². The molecule has 3 nitrogen and oxygen atoms in total. The second kappa shape index (κ2) is 6.97. The van der Waals surface area contributed by atoms with Crippen LogP contribution in [-0.4, -0.2) is 19.0 Å². The maximum atomic E-state index is 14.1. The average molecular weight is 327 g/mol. The molecule has 122 valence electrons. The Kier molecular flexibility index (Phi) is 5.45. The molecule has 0 aliphatic heterocycles. The zero-order valence-corrected chi connectivity index (χ0v) is 13.9. The zero-order chi connectivity index (χ0) is 16.3. The van der Waals surface area contributed by atoms with Crippen molar-refractivity contribution in [1.29, 1.82) is 0 Å². The van der Waals surface area contributed by atoms with E-state index in [9.17, 15) is 9.18 Å². The predicted molar refractivity (Wildman–Crippen MR) is 87.3 cm³/mol. The number of nitrogens with two attached hydrogens (primary N) is 1. The molecule has 0 radical (unpaired) electrons. The van der Waals surface area contributed by atoms with Gasteiger partial charge in [0.2, 0.25) is 5.91 Å². The van der Waals surface area contributed by atoms with Gasteiger partial charge in [-0.2, -0.15) is 0 Å². The van der Waals surface area contributed by atoms with Gasteiger partial charge in [-0.3, -0.25) is 4.79 Å². The van der Waals surface area contributed by atoms with Gasteiger partial charge in [0, 0.05) is 28.5 Å². The molecule has 1 aliphatic rings. The Morgan fingerprint density at radius 1 is 1.45 bits per heavy atom. The number of benzene rings is 1. The fourth-order valence-electron chi connectivity index (χ4n) is 3.34. The van der Waals surface area contributed by atoms with Gasteiger partial charge in [0.25, 0.3) is 0 Å². The molecule has 0 bridgehead atoms. The van der Waals surface area contributed by atoms with E-state index in [2.05, 4.69) is 5.32 Å². The molecule has 1 aromatic carbocycles. The molecule has 2 atom stereocenters. The van der Waals surface area contributed by atoms with Crippen molar-refractivity contribution in [1.82, 2.24) is 5.32 Å². The van der Waals surface area contributed by atoms with E-state index >= 15 is 0 Å². The van der Waals surface area contributed by atoms with Crippen LogP contribution < -0.4 is 11.1 Å². The lowest BCUT2D eigenvalue weighted by atomic mass is 9.83. The van der Waals surface area contributed by atoms with Crippen LogP contribution in [0.5, 0.6) is 0 Å². The molecule has 0 saturated heterocycles. The summed E-state index contributed by atoms with van der Waals surface area (Å²) in [7, 11) is 0. The Labute approximate surface area is 136 Å². The molecule has 3 N–H and O–H groups in total. The van der Waals surface area contributed by atoms with Gasteiger partial charge >= 0.3 is 0 Å². The van der Waals surface area contributed by atoms with Crippen LogP contribution in [0.3, 0.4) is 0 Å². The molecule has 0 heterocycles. The summed E-state index contributed by atoms with van der Waals surface area (Å²) >= 11 is 6.13. The van der Waals surface area contributed by atoms with Crippen LogP contribution in [0.2, 0.25) is 5.02 Å². The van der Waals surface area contributed by atoms with Gasteiger partial charge in [0.1, 0.15) is 5.82 Å². The molecule has 1 saturated carbocycles. The first-order valence-electron chi connectivity index (χ1n) is 7.79. The Morgan fingerprint density at radius 3 is 2.82 bits per heavy atom. The van der Waals surface area contributed by atoms with Crippen LogP contribution in [0.25, 0.3) is 0 Å². The van der Waals surface area contributed by atoms with E-state index in [-0.39, 0.29) is 23.6 Å². The largest absolute Gasteiger partial charge is 0.355 e. The topological polar surface area (TPSA) is 55.1 Å². The van der Waals surface area contributed by atoms with Crippen molar-refractivity contribution in [3.05, 3.63) is 34.6 Å². The monoisotopic (exact) mass is 326 g/mol. The van der Waals surface area contributed by atoms with Crippen molar-refractivity contribution in [3.8, 4) is 0 Å². The fourth-order valence-corrected chi connectivity index (χ4v) is 3.75. The van der Waals surface area contributed by atoms with Crippen LogP contribution in [0.15, 0.2) is 18.2 Å². The minimum absolute atomic E-state index is 0.0168. The molecule has 1 amide bonds. The first-order chi connectivity index (χ1) is 10.4. The van der Waals surface area contributed by atoms with E-state index in [0.29, 0.717) is 23.7 Å². The fraction of sp³-hybridized carbons (Fsp3) is 0.588. The van der Waals surface area contributed by atoms with E-state index < -0.39 is 5.41 Å². The standard InChI is InChI=1S/C17H24ClFN2O/c1-17(2,15-13(18)7-4-8-14(15)19)10-21-16(22)12-6-3-5-11(12)9-20/h4,7-8,11-12H,3,5-6,9-10,20H2,1-2H3,(H,21,22)/t11-,12-/m1/s1. The van der Waals surface area contributed by atoms with Gasteiger partial charge < -0.3 is 11.1 Å². The van der Waals surface area contributed by atoms with Crippen LogP contribution >= 0.6 is 11.6 Å². The van der Waals surface area contributed by atoms with E-state index in [1.165, 1.54) is 6.07 Å². The minimum atomic E-state index is -0.575. The van der Waals surface area contributed by atoms with Gasteiger partial charge in [-0.15, -0.1) is 0 Å². The number of halogens is 2. The number of amides is 1. The first-order valence-corrected chi connectivity index (χ1v) is 8.17. The first kappa shape index (κ1) is 17.2. The van der Waals surface area contributed by atoms with E-state index in [4.69, 9.17) is 17.3 Å². The number of rotatable bonds is 5. The summed E-state index contributed by atoms with van der Waals surface area (Å²) in [6.07, 6.45) is 2.94. The third-order valence-electron chi connectivity index (χ3n) is 4.64. The Bertz CT molecular complexity index is 527. The zero-order valence-electron chi connectivity index (χ0n) is 13.2. The molecule has 1 aromatic rings. The normalized spacial score (nSPS) is 21.9. The molecule has 2 rings (SSSR count). The molecule has 5 heteroatoms. The lowest BCUT2D eigenvalue weighted by Crippen LogP contribution is -2.42. The van der Waals surface area contributed by atoms with Crippen molar-refractivity contribution in [2.45, 2.75) is 38.5 Å². The molecule has 1 fully saturated rings. The summed E-state index contributed by atoms with van der Waals surface area (Å²) in [4.78, 5) is 12.4. The van der Waals surface area contributed by atoms with Crippen molar-refractivity contribution in [2.75, 3.05) is 13.1 Å². The van der Waals surface area contributed by atoms with Crippen molar-refractivity contribution < 1.29 is 9.18 Å². The molecule has 0 spiro atoms. The Balaban J connectivity index is 2.05. The Morgan fingerprint density at radius 2 is 2.18 bits per heavy atom. The van der Waals surface area contributed by atoms with Gasteiger partial charge in [-0.05, 0) is 37.4 Å². The van der Waals surface area contributed by atoms with Gasteiger partial charge in [0.15, 0.2) is 0 Å². The lowest BCUT2D eigenvalue weighted by Gasteiger charge is -2.28. The highest BCUT2D eigenvalue weighted by Gasteiger charge is 2.33. The Hall–Kier alpha value is -1.13. The average Bonchev–Trinajstić information content (AvgIpc) is 2.93. The molecular weight excluding hydrogens is 303 g/mol. The highest BCUT2D eigenvalue weighted by atomic mass is 35.5. The van der Waals surface area contributed by atoms with Crippen LogP contribution in [0.4, 0.5) is 4.39 Å². The smallest absolute Gasteiger partial charge is 0.223 e. The number of hydrogen-bond donors (Lipinski definition) is 2. The van der Waals surface area contributed by atoms with Crippen LogP contribution in [0.1, 0.15) is 38.7 Å². The van der Waals surface area contributed by atoms with Crippen LogP contribution in [0, 0.1) is 17.7 Å². The highest BCUT2D eigenvalue weighted by Crippen LogP contribution is 2.33. The molecule has 1 aliphatic carbocycles. The molecular formula is C17H24ClFN2O. The van der Waals surface area contributed by atoms with Gasteiger partial charge in [-0.1, -0.05) is 37.9 Å². The minimum Gasteiger partial charge on any atom is -0.355 e. The maximum absolute atomic E-state index is 14.1. The predicted octanol–water partition coefficient (Wildman–Crippen LogP) is 3.25. The summed E-state index contributed by atoms with van der Waals surface area (Å²) in [6.45, 7) is 4.65. The number of carbonyl (C=O) groups excluding carboxylic acids is 1. The van der Waals surface area contributed by atoms with Crippen molar-refractivity contribution in [3.63, 3.8) is 0 Å². The van der Waals surface area contributed by atoms with Crippen LogP contribution in [-0.2, 0) is 10.2 Å². The highest BCUT2D eigenvalue weighted by molar-refractivity contribution is 6.31. The number of hydrogen-bond acceptors (Lipinski definition) is 2. The molecule has 22 heavy (non-hydrogen) atoms. The third-order valence-corrected chi connectivity index (χ3v) is 4.96. The summed E-state index contributed by atoms with van der Waals surface area (Å²) in [6, 6.07) is 4.65. The summed E-state index contributed by atoms with van der Waals surface area (Å²) in [5.41, 5.74) is 5.60. The molecule has 0 unspecified atom stereocenters. The van der Waals surface area contributed by atoms with E-state index in [1.807, 2.05) is 13.8 Å². The summed E-state index contributed by atoms with van der Waals surface area (Å²) < 4.78 is 14.1. The second-order valence-corrected chi connectivity index (χ2v) is 7.14. The SMILES string of the molecule is CC(C)(CNC(=O)[C@@H]1CCC[C@@H]1CN)c1c(F)cccc1Cl. The lowest BCUT2D eigenvalue weighted by molar-refractivity contribution is -0.126. The maximum Gasteiger partial charge on any atom is 0.223 e. The molecule has 0 aromatic heterocycles. The third kappa shape index (κ3) is 3.61. The quantitative estimate of drug-likeness (QED) is 0.872. The number of nitrogens with one attached hydrogen (secondary N) is 1. The summed E-state index contributed by atoms with van der Waals surface area (Å²) in [5, 5.41) is 3.35. The van der Waals surface area contributed by atoms with E-state index in [1.54, 1.807) is 12.1 Å². The second-order valence-electron chi connectivity index (χ2n) is 6.73. The van der Waals surface area contributed by atoms with E-state index in [0.717, 1.165) is 19.3 Å². The van der Waals surface area contributed by atoms with Crippen molar-refractivity contribution in [2.24, 2.45) is 17.6 Å². The summed E-state index contributed by atoms with van der Waals surface area (Å²) in [5.74, 6) is -0.0713. The van der Waals surface area contributed by atoms with Gasteiger partial charge in [0.05, 0.1) is 0 Å². The van der Waals surface area contributed by atoms with Crippen molar-refractivity contribution >= 4 is 17.5 Å². The number of carbonyl (C=O) groups is 1.